The second-order valence-corrected chi connectivity index (χ2v) is 4.52. The smallest absolute Gasteiger partial charge is 0.262 e. The highest BCUT2D eigenvalue weighted by Gasteiger charge is 2.08. The van der Waals surface area contributed by atoms with Crippen molar-refractivity contribution >= 4 is 17.3 Å². The van der Waals surface area contributed by atoms with Crippen molar-refractivity contribution in [3.05, 3.63) is 53.6 Å². The SMILES string of the molecule is Cc1cc(N)ccc1NC(=O)COc1ccccc1C#N. The number of amides is 1. The maximum atomic E-state index is 11.9. The fourth-order valence-electron chi connectivity index (χ4n) is 1.84. The first-order chi connectivity index (χ1) is 10.1. The van der Waals surface area contributed by atoms with Gasteiger partial charge in [-0.25, -0.2) is 0 Å². The Morgan fingerprint density at radius 1 is 1.33 bits per heavy atom. The predicted octanol–water partition coefficient (Wildman–Crippen LogP) is 2.47. The molecule has 0 aliphatic heterocycles. The molecule has 0 saturated carbocycles. The first-order valence-corrected chi connectivity index (χ1v) is 6.38. The molecule has 2 rings (SSSR count). The minimum absolute atomic E-state index is 0.164. The van der Waals surface area contributed by atoms with Gasteiger partial charge in [-0.05, 0) is 42.8 Å². The minimum atomic E-state index is -0.296. The third-order valence-corrected chi connectivity index (χ3v) is 2.89. The molecule has 2 aromatic carbocycles. The number of nitrogen functional groups attached to an aromatic ring is 1. The molecule has 0 aliphatic carbocycles. The Bertz CT molecular complexity index is 705. The number of carbonyl (C=O) groups excluding carboxylic acids is 1. The van der Waals surface area contributed by atoms with E-state index in [9.17, 15) is 4.79 Å². The maximum Gasteiger partial charge on any atom is 0.262 e. The van der Waals surface area contributed by atoms with Crippen molar-refractivity contribution in [3.63, 3.8) is 0 Å². The summed E-state index contributed by atoms with van der Waals surface area (Å²) >= 11 is 0. The first kappa shape index (κ1) is 14.4. The van der Waals surface area contributed by atoms with Crippen molar-refractivity contribution in [2.45, 2.75) is 6.92 Å². The van der Waals surface area contributed by atoms with E-state index in [2.05, 4.69) is 5.32 Å². The second kappa shape index (κ2) is 6.44. The van der Waals surface area contributed by atoms with Crippen molar-refractivity contribution in [1.82, 2.24) is 0 Å². The van der Waals surface area contributed by atoms with Gasteiger partial charge in [0.2, 0.25) is 0 Å². The fourth-order valence-corrected chi connectivity index (χ4v) is 1.84. The molecule has 0 bridgehead atoms. The van der Waals surface area contributed by atoms with Crippen LogP contribution in [0.2, 0.25) is 0 Å². The van der Waals surface area contributed by atoms with Gasteiger partial charge in [-0.1, -0.05) is 12.1 Å². The standard InChI is InChI=1S/C16H15N3O2/c1-11-8-13(18)6-7-14(11)19-16(20)10-21-15-5-3-2-4-12(15)9-17/h2-8H,10,18H2,1H3,(H,19,20). The molecule has 0 heterocycles. The molecule has 0 spiro atoms. The van der Waals surface area contributed by atoms with Crippen LogP contribution in [0.4, 0.5) is 11.4 Å². The summed E-state index contributed by atoms with van der Waals surface area (Å²) in [5, 5.41) is 11.7. The van der Waals surface area contributed by atoms with E-state index >= 15 is 0 Å². The second-order valence-electron chi connectivity index (χ2n) is 4.52. The number of rotatable bonds is 4. The highest BCUT2D eigenvalue weighted by atomic mass is 16.5. The molecule has 5 heteroatoms. The Kier molecular flexibility index (Phi) is 4.42. The molecule has 3 N–H and O–H groups in total. The quantitative estimate of drug-likeness (QED) is 0.843. The van der Waals surface area contributed by atoms with E-state index in [-0.39, 0.29) is 12.5 Å². The van der Waals surface area contributed by atoms with E-state index in [4.69, 9.17) is 15.7 Å². The van der Waals surface area contributed by atoms with Crippen LogP contribution < -0.4 is 15.8 Å². The molecule has 0 aliphatic rings. The van der Waals surface area contributed by atoms with Crippen LogP contribution in [-0.4, -0.2) is 12.5 Å². The van der Waals surface area contributed by atoms with Crippen molar-refractivity contribution in [1.29, 1.82) is 5.26 Å². The van der Waals surface area contributed by atoms with Crippen molar-refractivity contribution in [3.8, 4) is 11.8 Å². The van der Waals surface area contributed by atoms with Gasteiger partial charge in [0.25, 0.3) is 5.91 Å². The third kappa shape index (κ3) is 3.74. The Labute approximate surface area is 123 Å². The predicted molar refractivity (Wildman–Crippen MR) is 80.9 cm³/mol. The molecule has 2 aromatic rings. The normalized spacial score (nSPS) is 9.71. The molecule has 0 aromatic heterocycles. The monoisotopic (exact) mass is 281 g/mol. The number of aryl methyl sites for hydroxylation is 1. The van der Waals surface area contributed by atoms with Crippen molar-refractivity contribution < 1.29 is 9.53 Å². The molecule has 21 heavy (non-hydrogen) atoms. The van der Waals surface area contributed by atoms with E-state index in [1.165, 1.54) is 0 Å². The van der Waals surface area contributed by atoms with Gasteiger partial charge in [-0.3, -0.25) is 4.79 Å². The summed E-state index contributed by atoms with van der Waals surface area (Å²) in [7, 11) is 0. The number of hydrogen-bond donors (Lipinski definition) is 2. The summed E-state index contributed by atoms with van der Waals surface area (Å²) in [5.74, 6) is 0.0970. The van der Waals surface area contributed by atoms with Gasteiger partial charge in [0.1, 0.15) is 11.8 Å². The summed E-state index contributed by atoms with van der Waals surface area (Å²) in [6.45, 7) is 1.69. The van der Waals surface area contributed by atoms with Gasteiger partial charge in [-0.15, -0.1) is 0 Å². The van der Waals surface area contributed by atoms with Gasteiger partial charge in [-0.2, -0.15) is 5.26 Å². The Balaban J connectivity index is 1.98. The lowest BCUT2D eigenvalue weighted by molar-refractivity contribution is -0.118. The third-order valence-electron chi connectivity index (χ3n) is 2.89. The van der Waals surface area contributed by atoms with Gasteiger partial charge >= 0.3 is 0 Å². The van der Waals surface area contributed by atoms with Crippen LogP contribution in [0.25, 0.3) is 0 Å². The zero-order valence-corrected chi connectivity index (χ0v) is 11.6. The van der Waals surface area contributed by atoms with Gasteiger partial charge in [0, 0.05) is 11.4 Å². The van der Waals surface area contributed by atoms with Gasteiger partial charge in [0.15, 0.2) is 6.61 Å². The van der Waals surface area contributed by atoms with Gasteiger partial charge < -0.3 is 15.8 Å². The van der Waals surface area contributed by atoms with E-state index in [0.717, 1.165) is 5.56 Å². The lowest BCUT2D eigenvalue weighted by Gasteiger charge is -2.10. The number of nitriles is 1. The minimum Gasteiger partial charge on any atom is -0.482 e. The largest absolute Gasteiger partial charge is 0.482 e. The molecule has 0 radical (unpaired) electrons. The van der Waals surface area contributed by atoms with Gasteiger partial charge in [0.05, 0.1) is 5.56 Å². The lowest BCUT2D eigenvalue weighted by atomic mass is 10.2. The zero-order chi connectivity index (χ0) is 15.2. The number of nitrogens with zero attached hydrogens (tertiary/aromatic N) is 1. The van der Waals surface area contributed by atoms with E-state index in [0.29, 0.717) is 22.7 Å². The summed E-state index contributed by atoms with van der Waals surface area (Å²) in [5.41, 5.74) is 8.26. The molecule has 0 fully saturated rings. The summed E-state index contributed by atoms with van der Waals surface area (Å²) in [4.78, 5) is 11.9. The number of nitrogens with one attached hydrogen (secondary N) is 1. The number of nitrogens with two attached hydrogens (primary N) is 1. The molecule has 5 nitrogen and oxygen atoms in total. The van der Waals surface area contributed by atoms with Crippen LogP contribution in [0.3, 0.4) is 0 Å². The molecule has 0 atom stereocenters. The van der Waals surface area contributed by atoms with Crippen LogP contribution in [0.5, 0.6) is 5.75 Å². The number of hydrogen-bond acceptors (Lipinski definition) is 4. The average molecular weight is 281 g/mol. The molecular formula is C16H15N3O2. The highest BCUT2D eigenvalue weighted by molar-refractivity contribution is 5.92. The maximum absolute atomic E-state index is 11.9. The zero-order valence-electron chi connectivity index (χ0n) is 11.6. The average Bonchev–Trinajstić information content (AvgIpc) is 2.48. The van der Waals surface area contributed by atoms with E-state index in [1.54, 1.807) is 42.5 Å². The topological polar surface area (TPSA) is 88.1 Å². The molecule has 106 valence electrons. The number of ether oxygens (including phenoxy) is 1. The molecule has 0 unspecified atom stereocenters. The lowest BCUT2D eigenvalue weighted by Crippen LogP contribution is -2.21. The number of carbonyl (C=O) groups is 1. The molecule has 0 saturated heterocycles. The Morgan fingerprint density at radius 3 is 2.81 bits per heavy atom. The number of benzene rings is 2. The van der Waals surface area contributed by atoms with Crippen LogP contribution >= 0.6 is 0 Å². The first-order valence-electron chi connectivity index (χ1n) is 6.38. The number of anilines is 2. The summed E-state index contributed by atoms with van der Waals surface area (Å²) in [6.07, 6.45) is 0. The molecular weight excluding hydrogens is 266 g/mol. The van der Waals surface area contributed by atoms with Crippen LogP contribution in [0.1, 0.15) is 11.1 Å². The highest BCUT2D eigenvalue weighted by Crippen LogP contribution is 2.18. The van der Waals surface area contributed by atoms with Crippen molar-refractivity contribution in [2.24, 2.45) is 0 Å². The van der Waals surface area contributed by atoms with Crippen molar-refractivity contribution in [2.75, 3.05) is 17.7 Å². The Morgan fingerprint density at radius 2 is 2.10 bits per heavy atom. The number of para-hydroxylation sites is 1. The molecule has 1 amide bonds. The Hall–Kier alpha value is -3.00. The fraction of sp³-hybridized carbons (Fsp3) is 0.125. The van der Waals surface area contributed by atoms with Crippen LogP contribution in [-0.2, 0) is 4.79 Å². The van der Waals surface area contributed by atoms with E-state index < -0.39 is 0 Å². The van der Waals surface area contributed by atoms with E-state index in [1.807, 2.05) is 13.0 Å². The van der Waals surface area contributed by atoms with Crippen LogP contribution in [0, 0.1) is 18.3 Å². The summed E-state index contributed by atoms with van der Waals surface area (Å²) in [6, 6.07) is 14.0. The summed E-state index contributed by atoms with van der Waals surface area (Å²) < 4.78 is 5.37. The van der Waals surface area contributed by atoms with Crippen LogP contribution in [0.15, 0.2) is 42.5 Å².